The molecule has 2 N–H and O–H groups in total. The van der Waals surface area contributed by atoms with Crippen LogP contribution >= 0.6 is 0 Å². The largest absolute Gasteiger partial charge is 0.484 e. The van der Waals surface area contributed by atoms with E-state index in [4.69, 9.17) is 4.74 Å². The van der Waals surface area contributed by atoms with Crippen LogP contribution in [0.4, 0.5) is 5.69 Å². The number of aromatic nitrogens is 1. The summed E-state index contributed by atoms with van der Waals surface area (Å²) in [5.41, 5.74) is -0.498. The van der Waals surface area contributed by atoms with Crippen LogP contribution in [0, 0.1) is 5.92 Å². The Bertz CT molecular complexity index is 1140. The van der Waals surface area contributed by atoms with E-state index in [1.807, 2.05) is 0 Å². The lowest BCUT2D eigenvalue weighted by Crippen LogP contribution is -2.49. The minimum Gasteiger partial charge on any atom is -0.484 e. The minimum absolute atomic E-state index is 0.182. The van der Waals surface area contributed by atoms with Crippen molar-refractivity contribution in [3.05, 3.63) is 40.8 Å². The van der Waals surface area contributed by atoms with E-state index >= 15 is 0 Å². The molecule has 3 rings (SSSR count). The van der Waals surface area contributed by atoms with Crippen molar-refractivity contribution in [1.82, 2.24) is 4.57 Å². The smallest absolute Gasteiger partial charge is 0.254 e. The van der Waals surface area contributed by atoms with Crippen molar-refractivity contribution >= 4 is 15.5 Å². The zero-order valence-electron chi connectivity index (χ0n) is 19.0. The highest BCUT2D eigenvalue weighted by molar-refractivity contribution is 7.90. The van der Waals surface area contributed by atoms with E-state index in [2.05, 4.69) is 5.32 Å². The second-order valence-corrected chi connectivity index (χ2v) is 11.5. The van der Waals surface area contributed by atoms with Crippen LogP contribution in [0.5, 0.6) is 5.75 Å². The van der Waals surface area contributed by atoms with Gasteiger partial charge in [0.25, 0.3) is 5.56 Å². The molecule has 0 saturated heterocycles. The van der Waals surface area contributed by atoms with E-state index in [0.29, 0.717) is 17.0 Å². The first-order valence-corrected chi connectivity index (χ1v) is 12.3. The fourth-order valence-electron chi connectivity index (χ4n) is 3.01. The number of nitrogens with zero attached hydrogens (tertiary/aromatic N) is 1. The lowest BCUT2D eigenvalue weighted by atomic mass is 9.89. The van der Waals surface area contributed by atoms with E-state index in [0.717, 1.165) is 12.2 Å². The third-order valence-corrected chi connectivity index (χ3v) is 7.13. The van der Waals surface area contributed by atoms with Crippen molar-refractivity contribution in [2.45, 2.75) is 56.6 Å². The van der Waals surface area contributed by atoms with Gasteiger partial charge in [-0.25, -0.2) is 8.42 Å². The second kappa shape index (κ2) is 7.98. The summed E-state index contributed by atoms with van der Waals surface area (Å²) in [5, 5.41) is 14.0. The Morgan fingerprint density at radius 3 is 2.35 bits per heavy atom. The summed E-state index contributed by atoms with van der Waals surface area (Å²) in [6.45, 7) is 7.56. The molecule has 7 nitrogen and oxygen atoms in total. The van der Waals surface area contributed by atoms with Gasteiger partial charge in [0.15, 0.2) is 9.84 Å². The number of benzene rings is 1. The van der Waals surface area contributed by atoms with Crippen LogP contribution in [0.3, 0.4) is 0 Å². The van der Waals surface area contributed by atoms with Gasteiger partial charge in [0, 0.05) is 48.9 Å². The first-order chi connectivity index (χ1) is 14.2. The molecule has 0 atom stereocenters. The average Bonchev–Trinajstić information content (AvgIpc) is 3.45. The highest BCUT2D eigenvalue weighted by atomic mass is 32.2. The van der Waals surface area contributed by atoms with Gasteiger partial charge in [-0.15, -0.1) is 0 Å². The molecule has 0 unspecified atom stereocenters. The third-order valence-electron chi connectivity index (χ3n) is 6.02. The van der Waals surface area contributed by atoms with Crippen molar-refractivity contribution < 1.29 is 18.3 Å². The Morgan fingerprint density at radius 2 is 1.81 bits per heavy atom. The van der Waals surface area contributed by atoms with Gasteiger partial charge in [-0.3, -0.25) is 4.79 Å². The molecular weight excluding hydrogens is 416 g/mol. The molecule has 31 heavy (non-hydrogen) atoms. The molecule has 1 aliphatic rings. The molecule has 1 aliphatic carbocycles. The average molecular weight is 449 g/mol. The van der Waals surface area contributed by atoms with Crippen molar-refractivity contribution in [2.24, 2.45) is 13.0 Å². The summed E-state index contributed by atoms with van der Waals surface area (Å²) in [5.74, 6) is 0.905. The van der Waals surface area contributed by atoms with Crippen LogP contribution in [0.15, 0.2) is 40.2 Å². The van der Waals surface area contributed by atoms with E-state index in [1.165, 1.54) is 29.7 Å². The van der Waals surface area contributed by atoms with Crippen LogP contribution in [-0.2, 0) is 16.9 Å². The molecule has 0 aliphatic heterocycles. The fraction of sp³-hybridized carbons (Fsp3) is 0.522. The Kier molecular flexibility index (Phi) is 6.01. The number of pyridine rings is 1. The summed E-state index contributed by atoms with van der Waals surface area (Å²) in [4.78, 5) is 12.6. The topological polar surface area (TPSA) is 97.6 Å². The number of ether oxygens (including phenoxy) is 1. The van der Waals surface area contributed by atoms with Crippen LogP contribution in [0.1, 0.15) is 40.5 Å². The van der Waals surface area contributed by atoms with Crippen LogP contribution in [0.2, 0.25) is 0 Å². The molecule has 8 heteroatoms. The summed E-state index contributed by atoms with van der Waals surface area (Å²) < 4.78 is 32.1. The standard InChI is InChI=1S/C23H32N2O5S/c1-22(2,27)23(3,4)30-20-12-21(26)25(5)14-18(20)17-11-16(31(6,28)29)9-10-19(17)24-13-15-7-8-15/h9-12,14-15,24,27H,7-8,13H2,1-6H3. The zero-order valence-corrected chi connectivity index (χ0v) is 19.8. The SMILES string of the molecule is Cn1cc(-c2cc(S(C)(=O)=O)ccc2NCC2CC2)c(OC(C)(C)C(C)(C)O)cc1=O. The number of aryl methyl sites for hydroxylation is 1. The molecule has 0 bridgehead atoms. The van der Waals surface area contributed by atoms with Crippen LogP contribution < -0.4 is 15.6 Å². The predicted molar refractivity (Wildman–Crippen MR) is 122 cm³/mol. The van der Waals surface area contributed by atoms with Crippen molar-refractivity contribution in [1.29, 1.82) is 0 Å². The molecule has 1 aromatic heterocycles. The highest BCUT2D eigenvalue weighted by Gasteiger charge is 2.38. The molecule has 2 aromatic rings. The van der Waals surface area contributed by atoms with Gasteiger partial charge in [-0.2, -0.15) is 0 Å². The zero-order chi connectivity index (χ0) is 23.2. The lowest BCUT2D eigenvalue weighted by molar-refractivity contribution is -0.0904. The van der Waals surface area contributed by atoms with E-state index in [9.17, 15) is 18.3 Å². The lowest BCUT2D eigenvalue weighted by Gasteiger charge is -2.38. The Morgan fingerprint density at radius 1 is 1.16 bits per heavy atom. The number of aliphatic hydroxyl groups is 1. The highest BCUT2D eigenvalue weighted by Crippen LogP contribution is 2.39. The number of anilines is 1. The number of hydrogen-bond donors (Lipinski definition) is 2. The Labute approximate surface area is 184 Å². The van der Waals surface area contributed by atoms with Gasteiger partial charge in [-0.05, 0) is 64.7 Å². The molecule has 1 aromatic carbocycles. The van der Waals surface area contributed by atoms with Crippen molar-refractivity contribution in [2.75, 3.05) is 18.1 Å². The molecule has 1 saturated carbocycles. The number of nitrogens with one attached hydrogen (secondary N) is 1. The third kappa shape index (κ3) is 5.30. The predicted octanol–water partition coefficient (Wildman–Crippen LogP) is 3.21. The van der Waals surface area contributed by atoms with Gasteiger partial charge in [0.1, 0.15) is 11.4 Å². The van der Waals surface area contributed by atoms with Gasteiger partial charge < -0.3 is 19.7 Å². The Hall–Kier alpha value is -2.32. The Balaban J connectivity index is 2.19. The van der Waals surface area contributed by atoms with Crippen molar-refractivity contribution in [3.8, 4) is 16.9 Å². The number of sulfone groups is 1. The molecule has 0 radical (unpaired) electrons. The van der Waals surface area contributed by atoms with E-state index in [-0.39, 0.29) is 16.2 Å². The normalized spacial score (nSPS) is 15.1. The molecule has 170 valence electrons. The van der Waals surface area contributed by atoms with Gasteiger partial charge >= 0.3 is 0 Å². The molecule has 0 spiro atoms. The van der Waals surface area contributed by atoms with Crippen LogP contribution in [-0.4, -0.2) is 42.1 Å². The quantitative estimate of drug-likeness (QED) is 0.644. The van der Waals surface area contributed by atoms with E-state index < -0.39 is 21.0 Å². The number of hydrogen-bond acceptors (Lipinski definition) is 6. The summed E-state index contributed by atoms with van der Waals surface area (Å²) in [7, 11) is -1.80. The fourth-order valence-corrected chi connectivity index (χ4v) is 3.65. The maximum Gasteiger partial charge on any atom is 0.254 e. The minimum atomic E-state index is -3.44. The van der Waals surface area contributed by atoms with Gasteiger partial charge in [0.05, 0.1) is 10.5 Å². The molecule has 0 amide bonds. The van der Waals surface area contributed by atoms with Crippen molar-refractivity contribution in [3.63, 3.8) is 0 Å². The maximum atomic E-state index is 12.4. The summed E-state index contributed by atoms with van der Waals surface area (Å²) >= 11 is 0. The summed E-state index contributed by atoms with van der Waals surface area (Å²) in [6, 6.07) is 6.32. The summed E-state index contributed by atoms with van der Waals surface area (Å²) in [6.07, 6.45) is 5.16. The first kappa shape index (κ1) is 23.3. The van der Waals surface area contributed by atoms with Gasteiger partial charge in [-0.1, -0.05) is 0 Å². The molecule has 1 heterocycles. The molecule has 1 fully saturated rings. The van der Waals surface area contributed by atoms with E-state index in [1.54, 1.807) is 59.1 Å². The van der Waals surface area contributed by atoms with Gasteiger partial charge in [0.2, 0.25) is 0 Å². The first-order valence-electron chi connectivity index (χ1n) is 10.4. The number of rotatable bonds is 8. The maximum absolute atomic E-state index is 12.4. The molecular formula is C23H32N2O5S. The monoisotopic (exact) mass is 448 g/mol. The van der Waals surface area contributed by atoms with Crippen LogP contribution in [0.25, 0.3) is 11.1 Å². The second-order valence-electron chi connectivity index (χ2n) is 9.48.